The molecule has 1 aliphatic rings. The molecule has 1 heterocycles. The van der Waals surface area contributed by atoms with E-state index in [2.05, 4.69) is 10.3 Å². The van der Waals surface area contributed by atoms with Gasteiger partial charge in [0.2, 0.25) is 5.91 Å². The van der Waals surface area contributed by atoms with Crippen molar-refractivity contribution in [2.45, 2.75) is 38.1 Å². The zero-order valence-corrected chi connectivity index (χ0v) is 10.7. The van der Waals surface area contributed by atoms with E-state index in [0.29, 0.717) is 19.3 Å². The zero-order chi connectivity index (χ0) is 13.7. The van der Waals surface area contributed by atoms with E-state index in [1.165, 1.54) is 0 Å². The van der Waals surface area contributed by atoms with Crippen molar-refractivity contribution in [1.29, 1.82) is 0 Å². The highest BCUT2D eigenvalue weighted by Gasteiger charge is 2.26. The molecule has 0 saturated heterocycles. The Bertz CT molecular complexity index is 439. The minimum Gasteiger partial charge on any atom is -0.481 e. The van der Waals surface area contributed by atoms with Gasteiger partial charge in [0.15, 0.2) is 0 Å². The molecule has 102 valence electrons. The van der Waals surface area contributed by atoms with Crippen molar-refractivity contribution >= 4 is 11.9 Å². The third kappa shape index (κ3) is 4.05. The van der Waals surface area contributed by atoms with Crippen LogP contribution in [0.1, 0.15) is 31.2 Å². The molecule has 1 aromatic rings. The van der Waals surface area contributed by atoms with Crippen molar-refractivity contribution in [2.75, 3.05) is 0 Å². The Morgan fingerprint density at radius 3 is 2.42 bits per heavy atom. The Morgan fingerprint density at radius 2 is 1.84 bits per heavy atom. The predicted molar refractivity (Wildman–Crippen MR) is 69.5 cm³/mol. The summed E-state index contributed by atoms with van der Waals surface area (Å²) < 4.78 is 0. The molecule has 0 spiro atoms. The third-order valence-electron chi connectivity index (χ3n) is 3.56. The number of hydrogen-bond donors (Lipinski definition) is 2. The molecule has 0 aromatic carbocycles. The van der Waals surface area contributed by atoms with Crippen LogP contribution in [-0.4, -0.2) is 28.0 Å². The van der Waals surface area contributed by atoms with Gasteiger partial charge in [-0.1, -0.05) is 0 Å². The standard InChI is InChI=1S/C14H18N2O3/c17-13(9-10-5-7-15-8-6-10)16-12-3-1-11(2-4-12)14(18)19/h5-8,11-12H,1-4,9H2,(H,16,17)(H,18,19). The Morgan fingerprint density at radius 1 is 1.21 bits per heavy atom. The van der Waals surface area contributed by atoms with E-state index < -0.39 is 5.97 Å². The maximum absolute atomic E-state index is 11.8. The Labute approximate surface area is 112 Å². The summed E-state index contributed by atoms with van der Waals surface area (Å²) in [5.41, 5.74) is 0.937. The first-order valence-electron chi connectivity index (χ1n) is 6.56. The number of carbonyl (C=O) groups excluding carboxylic acids is 1. The van der Waals surface area contributed by atoms with Crippen LogP contribution >= 0.6 is 0 Å². The molecule has 1 aromatic heterocycles. The van der Waals surface area contributed by atoms with Gasteiger partial charge in [-0.3, -0.25) is 14.6 Å². The van der Waals surface area contributed by atoms with Crippen molar-refractivity contribution < 1.29 is 14.7 Å². The lowest BCUT2D eigenvalue weighted by Gasteiger charge is -2.26. The lowest BCUT2D eigenvalue weighted by molar-refractivity contribution is -0.142. The second kappa shape index (κ2) is 6.31. The molecule has 0 unspecified atom stereocenters. The lowest BCUT2D eigenvalue weighted by atomic mass is 9.86. The first-order chi connectivity index (χ1) is 9.15. The van der Waals surface area contributed by atoms with Crippen molar-refractivity contribution in [3.8, 4) is 0 Å². The summed E-state index contributed by atoms with van der Waals surface area (Å²) >= 11 is 0. The van der Waals surface area contributed by atoms with Gasteiger partial charge in [0.05, 0.1) is 12.3 Å². The molecule has 5 heteroatoms. The summed E-state index contributed by atoms with van der Waals surface area (Å²) in [6.45, 7) is 0. The molecule has 0 atom stereocenters. The molecule has 2 N–H and O–H groups in total. The zero-order valence-electron chi connectivity index (χ0n) is 10.7. The quantitative estimate of drug-likeness (QED) is 0.859. The van der Waals surface area contributed by atoms with Gasteiger partial charge in [0.1, 0.15) is 0 Å². The smallest absolute Gasteiger partial charge is 0.306 e. The number of carbonyl (C=O) groups is 2. The average molecular weight is 262 g/mol. The summed E-state index contributed by atoms with van der Waals surface area (Å²) in [6.07, 6.45) is 6.48. The molecule has 19 heavy (non-hydrogen) atoms. The molecule has 1 fully saturated rings. The molecular formula is C14H18N2O3. The molecule has 1 aliphatic carbocycles. The van der Waals surface area contributed by atoms with Gasteiger partial charge in [-0.2, -0.15) is 0 Å². The number of aromatic nitrogens is 1. The van der Waals surface area contributed by atoms with Crippen LogP contribution in [0.25, 0.3) is 0 Å². The Hall–Kier alpha value is -1.91. The van der Waals surface area contributed by atoms with Crippen LogP contribution in [0.2, 0.25) is 0 Å². The highest BCUT2D eigenvalue weighted by atomic mass is 16.4. The van der Waals surface area contributed by atoms with E-state index in [1.807, 2.05) is 12.1 Å². The van der Waals surface area contributed by atoms with Crippen LogP contribution in [0, 0.1) is 5.92 Å². The number of aliphatic carboxylic acids is 1. The lowest BCUT2D eigenvalue weighted by Crippen LogP contribution is -2.39. The Kier molecular flexibility index (Phi) is 4.49. The fourth-order valence-corrected chi connectivity index (χ4v) is 2.45. The van der Waals surface area contributed by atoms with E-state index in [0.717, 1.165) is 18.4 Å². The molecule has 0 radical (unpaired) electrons. The van der Waals surface area contributed by atoms with Crippen LogP contribution in [-0.2, 0) is 16.0 Å². The topological polar surface area (TPSA) is 79.3 Å². The van der Waals surface area contributed by atoms with E-state index in [4.69, 9.17) is 5.11 Å². The van der Waals surface area contributed by atoms with E-state index in [1.54, 1.807) is 12.4 Å². The van der Waals surface area contributed by atoms with E-state index in [-0.39, 0.29) is 17.9 Å². The highest BCUT2D eigenvalue weighted by Crippen LogP contribution is 2.24. The SMILES string of the molecule is O=C(Cc1ccncc1)NC1CCC(C(=O)O)CC1. The van der Waals surface area contributed by atoms with Gasteiger partial charge in [-0.25, -0.2) is 0 Å². The summed E-state index contributed by atoms with van der Waals surface area (Å²) in [5.74, 6) is -0.972. The maximum atomic E-state index is 11.8. The number of amides is 1. The van der Waals surface area contributed by atoms with Gasteiger partial charge in [0, 0.05) is 18.4 Å². The van der Waals surface area contributed by atoms with Crippen molar-refractivity contribution in [3.05, 3.63) is 30.1 Å². The summed E-state index contributed by atoms with van der Waals surface area (Å²) in [4.78, 5) is 26.6. The van der Waals surface area contributed by atoms with Crippen LogP contribution in [0.3, 0.4) is 0 Å². The molecule has 1 saturated carbocycles. The number of rotatable bonds is 4. The third-order valence-corrected chi connectivity index (χ3v) is 3.56. The van der Waals surface area contributed by atoms with Crippen molar-refractivity contribution in [1.82, 2.24) is 10.3 Å². The molecule has 0 aliphatic heterocycles. The van der Waals surface area contributed by atoms with Crippen molar-refractivity contribution in [2.24, 2.45) is 5.92 Å². The second-order valence-electron chi connectivity index (χ2n) is 4.99. The normalized spacial score (nSPS) is 22.7. The monoisotopic (exact) mass is 262 g/mol. The fraction of sp³-hybridized carbons (Fsp3) is 0.500. The van der Waals surface area contributed by atoms with E-state index >= 15 is 0 Å². The number of nitrogens with one attached hydrogen (secondary N) is 1. The van der Waals surface area contributed by atoms with Crippen LogP contribution < -0.4 is 5.32 Å². The van der Waals surface area contributed by atoms with Gasteiger partial charge >= 0.3 is 5.97 Å². The van der Waals surface area contributed by atoms with Crippen LogP contribution in [0.4, 0.5) is 0 Å². The average Bonchev–Trinajstić information content (AvgIpc) is 2.40. The van der Waals surface area contributed by atoms with Gasteiger partial charge in [0.25, 0.3) is 0 Å². The molecule has 5 nitrogen and oxygen atoms in total. The Balaban J connectivity index is 1.76. The predicted octanol–water partition coefficient (Wildman–Crippen LogP) is 1.38. The highest BCUT2D eigenvalue weighted by molar-refractivity contribution is 5.78. The number of hydrogen-bond acceptors (Lipinski definition) is 3. The summed E-state index contributed by atoms with van der Waals surface area (Å²) in [5, 5.41) is 11.9. The summed E-state index contributed by atoms with van der Waals surface area (Å²) in [7, 11) is 0. The minimum absolute atomic E-state index is 0.00928. The summed E-state index contributed by atoms with van der Waals surface area (Å²) in [6, 6.07) is 3.76. The molecule has 2 rings (SSSR count). The van der Waals surface area contributed by atoms with Crippen LogP contribution in [0.15, 0.2) is 24.5 Å². The first kappa shape index (κ1) is 13.5. The van der Waals surface area contributed by atoms with Gasteiger partial charge < -0.3 is 10.4 Å². The minimum atomic E-state index is -0.721. The fourth-order valence-electron chi connectivity index (χ4n) is 2.45. The molecular weight excluding hydrogens is 244 g/mol. The number of pyridine rings is 1. The van der Waals surface area contributed by atoms with Gasteiger partial charge in [-0.15, -0.1) is 0 Å². The van der Waals surface area contributed by atoms with Crippen molar-refractivity contribution in [3.63, 3.8) is 0 Å². The second-order valence-corrected chi connectivity index (χ2v) is 4.99. The van der Waals surface area contributed by atoms with Gasteiger partial charge in [-0.05, 0) is 43.4 Å². The number of carboxylic acids is 1. The molecule has 0 bridgehead atoms. The maximum Gasteiger partial charge on any atom is 0.306 e. The number of nitrogens with zero attached hydrogens (tertiary/aromatic N) is 1. The first-order valence-corrected chi connectivity index (χ1v) is 6.56. The van der Waals surface area contributed by atoms with E-state index in [9.17, 15) is 9.59 Å². The largest absolute Gasteiger partial charge is 0.481 e. The molecule has 1 amide bonds. The number of carboxylic acid groups (broad SMARTS) is 1. The van der Waals surface area contributed by atoms with Crippen LogP contribution in [0.5, 0.6) is 0 Å².